The lowest BCUT2D eigenvalue weighted by Crippen LogP contribution is -2.43. The van der Waals surface area contributed by atoms with Crippen molar-refractivity contribution in [1.29, 1.82) is 0 Å². The van der Waals surface area contributed by atoms with Crippen LogP contribution < -0.4 is 10.1 Å². The van der Waals surface area contributed by atoms with Gasteiger partial charge in [-0.05, 0) is 26.0 Å². The molecule has 1 aliphatic heterocycles. The minimum absolute atomic E-state index is 0.0154. The molecule has 4 nitrogen and oxygen atoms in total. The number of fused-ring (bicyclic) bond motifs is 1. The summed E-state index contributed by atoms with van der Waals surface area (Å²) in [6, 6.07) is 8.36. The van der Waals surface area contributed by atoms with Gasteiger partial charge in [-0.3, -0.25) is 0 Å². The Labute approximate surface area is 121 Å². The standard InChI is InChI=1S/C16H25NO3/c1-4-9-17-16-13-7-5-6-8-14(13)19-11-15(16)20-12(2)10-18-3/h5-8,12,15-17H,4,9-11H2,1-3H3. The molecule has 3 unspecified atom stereocenters. The fraction of sp³-hybridized carbons (Fsp3) is 0.625. The molecule has 0 fully saturated rings. The molecule has 1 heterocycles. The normalized spacial score (nSPS) is 22.9. The lowest BCUT2D eigenvalue weighted by atomic mass is 9.98. The monoisotopic (exact) mass is 279 g/mol. The van der Waals surface area contributed by atoms with E-state index in [4.69, 9.17) is 14.2 Å². The molecular weight excluding hydrogens is 254 g/mol. The summed E-state index contributed by atoms with van der Waals surface area (Å²) >= 11 is 0. The predicted molar refractivity (Wildman–Crippen MR) is 79.2 cm³/mol. The zero-order chi connectivity index (χ0) is 14.4. The Hall–Kier alpha value is -1.10. The SMILES string of the molecule is CCCNC1c2ccccc2OCC1OC(C)COC. The van der Waals surface area contributed by atoms with Gasteiger partial charge in [-0.25, -0.2) is 0 Å². The Morgan fingerprint density at radius 2 is 2.20 bits per heavy atom. The van der Waals surface area contributed by atoms with Gasteiger partial charge in [0.05, 0.1) is 18.8 Å². The first-order valence-electron chi connectivity index (χ1n) is 7.35. The van der Waals surface area contributed by atoms with Crippen LogP contribution in [0.3, 0.4) is 0 Å². The average Bonchev–Trinajstić information content (AvgIpc) is 2.46. The molecule has 1 N–H and O–H groups in total. The quantitative estimate of drug-likeness (QED) is 0.832. The molecule has 0 aromatic heterocycles. The van der Waals surface area contributed by atoms with Gasteiger partial charge in [0.2, 0.25) is 0 Å². The summed E-state index contributed by atoms with van der Waals surface area (Å²) in [7, 11) is 1.69. The number of ether oxygens (including phenoxy) is 3. The van der Waals surface area contributed by atoms with Crippen LogP contribution in [0.4, 0.5) is 0 Å². The Morgan fingerprint density at radius 1 is 1.40 bits per heavy atom. The summed E-state index contributed by atoms with van der Waals surface area (Å²) in [4.78, 5) is 0. The maximum Gasteiger partial charge on any atom is 0.124 e. The van der Waals surface area contributed by atoms with E-state index in [1.807, 2.05) is 25.1 Å². The van der Waals surface area contributed by atoms with Crippen LogP contribution in [0.15, 0.2) is 24.3 Å². The molecule has 0 spiro atoms. The first kappa shape index (κ1) is 15.3. The summed E-state index contributed by atoms with van der Waals surface area (Å²) in [6.07, 6.45) is 1.17. The van der Waals surface area contributed by atoms with Crippen LogP contribution in [-0.2, 0) is 9.47 Å². The number of hydrogen-bond acceptors (Lipinski definition) is 4. The van der Waals surface area contributed by atoms with Crippen molar-refractivity contribution < 1.29 is 14.2 Å². The van der Waals surface area contributed by atoms with Gasteiger partial charge in [-0.2, -0.15) is 0 Å². The molecule has 112 valence electrons. The molecule has 0 bridgehead atoms. The number of nitrogens with one attached hydrogen (secondary N) is 1. The average molecular weight is 279 g/mol. The number of benzene rings is 1. The molecule has 3 atom stereocenters. The summed E-state index contributed by atoms with van der Waals surface area (Å²) < 4.78 is 17.0. The Morgan fingerprint density at radius 3 is 2.95 bits per heavy atom. The van der Waals surface area contributed by atoms with Crippen LogP contribution in [-0.4, -0.2) is 39.1 Å². The van der Waals surface area contributed by atoms with E-state index in [0.717, 1.165) is 18.7 Å². The van der Waals surface area contributed by atoms with Gasteiger partial charge in [0, 0.05) is 12.7 Å². The van der Waals surface area contributed by atoms with Gasteiger partial charge in [0.15, 0.2) is 0 Å². The van der Waals surface area contributed by atoms with E-state index in [-0.39, 0.29) is 18.2 Å². The van der Waals surface area contributed by atoms with E-state index in [1.54, 1.807) is 7.11 Å². The molecule has 4 heteroatoms. The van der Waals surface area contributed by atoms with E-state index >= 15 is 0 Å². The highest BCUT2D eigenvalue weighted by Crippen LogP contribution is 2.33. The minimum atomic E-state index is 0.0154. The highest BCUT2D eigenvalue weighted by atomic mass is 16.6. The first-order chi connectivity index (χ1) is 9.76. The zero-order valence-electron chi connectivity index (χ0n) is 12.6. The number of hydrogen-bond donors (Lipinski definition) is 1. The summed E-state index contributed by atoms with van der Waals surface area (Å²) in [6.45, 7) is 6.34. The lowest BCUT2D eigenvalue weighted by molar-refractivity contribution is -0.0766. The minimum Gasteiger partial charge on any atom is -0.490 e. The predicted octanol–water partition coefficient (Wildman–Crippen LogP) is 2.54. The van der Waals surface area contributed by atoms with Crippen LogP contribution >= 0.6 is 0 Å². The molecule has 1 aliphatic rings. The van der Waals surface area contributed by atoms with Gasteiger partial charge < -0.3 is 19.5 Å². The fourth-order valence-electron chi connectivity index (χ4n) is 2.57. The van der Waals surface area contributed by atoms with E-state index in [0.29, 0.717) is 13.2 Å². The van der Waals surface area contributed by atoms with Gasteiger partial charge in [0.1, 0.15) is 18.5 Å². The molecular formula is C16H25NO3. The van der Waals surface area contributed by atoms with Gasteiger partial charge >= 0.3 is 0 Å². The molecule has 20 heavy (non-hydrogen) atoms. The van der Waals surface area contributed by atoms with E-state index < -0.39 is 0 Å². The fourth-order valence-corrected chi connectivity index (χ4v) is 2.57. The van der Waals surface area contributed by atoms with Gasteiger partial charge in [-0.1, -0.05) is 25.1 Å². The van der Waals surface area contributed by atoms with Crippen LogP contribution in [0.1, 0.15) is 31.9 Å². The molecule has 0 radical (unpaired) electrons. The third kappa shape index (κ3) is 3.72. The smallest absolute Gasteiger partial charge is 0.124 e. The van der Waals surface area contributed by atoms with Crippen molar-refractivity contribution in [1.82, 2.24) is 5.32 Å². The number of rotatable bonds is 7. The van der Waals surface area contributed by atoms with Crippen molar-refractivity contribution >= 4 is 0 Å². The van der Waals surface area contributed by atoms with Gasteiger partial charge in [-0.15, -0.1) is 0 Å². The summed E-state index contributed by atoms with van der Waals surface area (Å²) in [5.41, 5.74) is 1.18. The van der Waals surface area contributed by atoms with Crippen molar-refractivity contribution in [2.45, 2.75) is 38.5 Å². The third-order valence-corrected chi connectivity index (χ3v) is 3.45. The highest BCUT2D eigenvalue weighted by molar-refractivity contribution is 5.38. The number of para-hydroxylation sites is 1. The van der Waals surface area contributed by atoms with E-state index in [1.165, 1.54) is 5.56 Å². The molecule has 2 rings (SSSR count). The maximum atomic E-state index is 6.09. The van der Waals surface area contributed by atoms with Crippen molar-refractivity contribution in [2.75, 3.05) is 26.9 Å². The third-order valence-electron chi connectivity index (χ3n) is 3.45. The first-order valence-corrected chi connectivity index (χ1v) is 7.35. The topological polar surface area (TPSA) is 39.7 Å². The van der Waals surface area contributed by atoms with Crippen molar-refractivity contribution in [2.24, 2.45) is 0 Å². The lowest BCUT2D eigenvalue weighted by Gasteiger charge is -2.35. The second-order valence-electron chi connectivity index (χ2n) is 5.22. The number of methoxy groups -OCH3 is 1. The molecule has 1 aromatic rings. The van der Waals surface area contributed by atoms with E-state index in [9.17, 15) is 0 Å². The summed E-state index contributed by atoms with van der Waals surface area (Å²) in [5.74, 6) is 0.959. The second kappa shape index (κ2) is 7.62. The zero-order valence-corrected chi connectivity index (χ0v) is 12.6. The van der Waals surface area contributed by atoms with Crippen molar-refractivity contribution in [3.63, 3.8) is 0 Å². The van der Waals surface area contributed by atoms with Crippen molar-refractivity contribution in [3.05, 3.63) is 29.8 Å². The largest absolute Gasteiger partial charge is 0.490 e. The molecule has 0 aliphatic carbocycles. The summed E-state index contributed by atoms with van der Waals surface area (Å²) in [5, 5.41) is 3.58. The molecule has 1 aromatic carbocycles. The Balaban J connectivity index is 2.11. The van der Waals surface area contributed by atoms with Crippen LogP contribution in [0.5, 0.6) is 5.75 Å². The Kier molecular flexibility index (Phi) is 5.83. The Bertz CT molecular complexity index is 410. The second-order valence-corrected chi connectivity index (χ2v) is 5.22. The van der Waals surface area contributed by atoms with E-state index in [2.05, 4.69) is 18.3 Å². The van der Waals surface area contributed by atoms with Crippen LogP contribution in [0.25, 0.3) is 0 Å². The molecule has 0 amide bonds. The molecule has 0 saturated carbocycles. The van der Waals surface area contributed by atoms with Crippen LogP contribution in [0, 0.1) is 0 Å². The highest BCUT2D eigenvalue weighted by Gasteiger charge is 2.32. The molecule has 0 saturated heterocycles. The van der Waals surface area contributed by atoms with Crippen LogP contribution in [0.2, 0.25) is 0 Å². The van der Waals surface area contributed by atoms with Gasteiger partial charge in [0.25, 0.3) is 0 Å². The maximum absolute atomic E-state index is 6.09. The van der Waals surface area contributed by atoms with Crippen molar-refractivity contribution in [3.8, 4) is 5.75 Å².